The predicted molar refractivity (Wildman–Crippen MR) is 98.2 cm³/mol. The smallest absolute Gasteiger partial charge is 0.337 e. The van der Waals surface area contributed by atoms with Gasteiger partial charge in [-0.05, 0) is 31.7 Å². The van der Waals surface area contributed by atoms with E-state index < -0.39 is 0 Å². The van der Waals surface area contributed by atoms with Crippen LogP contribution in [0.15, 0.2) is 52.9 Å². The number of anilines is 1. The van der Waals surface area contributed by atoms with Gasteiger partial charge >= 0.3 is 11.9 Å². The Morgan fingerprint density at radius 1 is 1.32 bits per heavy atom. The van der Waals surface area contributed by atoms with Crippen molar-refractivity contribution in [1.29, 1.82) is 0 Å². The third-order valence-corrected chi connectivity index (χ3v) is 5.37. The lowest BCUT2D eigenvalue weighted by Gasteiger charge is -2.35. The number of hydrogen-bond acceptors (Lipinski definition) is 6. The molecule has 0 aliphatic carbocycles. The quantitative estimate of drug-likeness (QED) is 0.752. The van der Waals surface area contributed by atoms with Crippen molar-refractivity contribution in [1.82, 2.24) is 0 Å². The SMILES string of the molecule is CCOC(=O)C1=C(C)N(c2ccccc2)C2=C(C(=O)OC2)C1SCC. The molecule has 0 saturated carbocycles. The van der Waals surface area contributed by atoms with Gasteiger partial charge in [-0.15, -0.1) is 11.8 Å². The van der Waals surface area contributed by atoms with Crippen molar-refractivity contribution in [2.45, 2.75) is 26.0 Å². The van der Waals surface area contributed by atoms with E-state index in [1.54, 1.807) is 18.7 Å². The number of allylic oxidation sites excluding steroid dienone is 1. The average molecular weight is 359 g/mol. The van der Waals surface area contributed by atoms with E-state index in [-0.39, 0.29) is 23.8 Å². The van der Waals surface area contributed by atoms with Crippen LogP contribution < -0.4 is 4.90 Å². The predicted octanol–water partition coefficient (Wildman–Crippen LogP) is 3.28. The van der Waals surface area contributed by atoms with Crippen molar-refractivity contribution in [2.24, 2.45) is 0 Å². The summed E-state index contributed by atoms with van der Waals surface area (Å²) in [5.41, 5.74) is 3.58. The van der Waals surface area contributed by atoms with E-state index in [1.165, 1.54) is 0 Å². The van der Waals surface area contributed by atoms with Crippen LogP contribution in [0.25, 0.3) is 0 Å². The molecule has 3 rings (SSSR count). The van der Waals surface area contributed by atoms with Crippen molar-refractivity contribution in [3.63, 3.8) is 0 Å². The van der Waals surface area contributed by atoms with Crippen LogP contribution in [0, 0.1) is 0 Å². The number of thioether (sulfide) groups is 1. The van der Waals surface area contributed by atoms with Crippen LogP contribution in [-0.4, -0.2) is 36.2 Å². The molecule has 25 heavy (non-hydrogen) atoms. The molecular formula is C19H21NO4S. The Morgan fingerprint density at radius 2 is 2.04 bits per heavy atom. The zero-order valence-corrected chi connectivity index (χ0v) is 15.4. The number of para-hydroxylation sites is 1. The summed E-state index contributed by atoms with van der Waals surface area (Å²) in [6.07, 6.45) is 0. The van der Waals surface area contributed by atoms with Crippen LogP contribution in [0.1, 0.15) is 20.8 Å². The Kier molecular flexibility index (Phi) is 5.18. The first-order valence-corrected chi connectivity index (χ1v) is 9.39. The molecule has 2 aliphatic heterocycles. The fourth-order valence-corrected chi connectivity index (χ4v) is 4.40. The molecular weight excluding hydrogens is 338 g/mol. The van der Waals surface area contributed by atoms with Crippen LogP contribution in [0.3, 0.4) is 0 Å². The summed E-state index contributed by atoms with van der Waals surface area (Å²) in [6.45, 7) is 6.20. The van der Waals surface area contributed by atoms with Crippen LogP contribution in [0.5, 0.6) is 0 Å². The van der Waals surface area contributed by atoms with Crippen molar-refractivity contribution in [3.05, 3.63) is 52.9 Å². The highest BCUT2D eigenvalue weighted by Crippen LogP contribution is 2.43. The van der Waals surface area contributed by atoms with Gasteiger partial charge in [0.2, 0.25) is 0 Å². The fourth-order valence-electron chi connectivity index (χ4n) is 3.23. The van der Waals surface area contributed by atoms with Gasteiger partial charge in [-0.2, -0.15) is 0 Å². The number of carbonyl (C=O) groups excluding carboxylic acids is 2. The lowest BCUT2D eigenvalue weighted by molar-refractivity contribution is -0.138. The van der Waals surface area contributed by atoms with E-state index in [1.807, 2.05) is 49.1 Å². The average Bonchev–Trinajstić information content (AvgIpc) is 2.97. The Balaban J connectivity index is 2.18. The minimum Gasteiger partial charge on any atom is -0.463 e. The van der Waals surface area contributed by atoms with Gasteiger partial charge < -0.3 is 14.4 Å². The van der Waals surface area contributed by atoms with Crippen LogP contribution in [0.4, 0.5) is 5.69 Å². The third kappa shape index (κ3) is 3.06. The number of nitrogens with zero attached hydrogens (tertiary/aromatic N) is 1. The number of benzene rings is 1. The number of ether oxygens (including phenoxy) is 2. The minimum atomic E-state index is -0.377. The van der Waals surface area contributed by atoms with E-state index in [2.05, 4.69) is 0 Å². The maximum Gasteiger partial charge on any atom is 0.337 e. The van der Waals surface area contributed by atoms with Gasteiger partial charge in [0.05, 0.1) is 28.7 Å². The van der Waals surface area contributed by atoms with Gasteiger partial charge in [0.15, 0.2) is 0 Å². The normalized spacial score (nSPS) is 19.9. The fraction of sp³-hybridized carbons (Fsp3) is 0.368. The second-order valence-electron chi connectivity index (χ2n) is 5.66. The summed E-state index contributed by atoms with van der Waals surface area (Å²) in [4.78, 5) is 27.0. The summed E-state index contributed by atoms with van der Waals surface area (Å²) in [6, 6.07) is 9.69. The first-order chi connectivity index (χ1) is 12.1. The van der Waals surface area contributed by atoms with Gasteiger partial charge in [-0.1, -0.05) is 25.1 Å². The molecule has 1 atom stereocenters. The molecule has 0 spiro atoms. The highest BCUT2D eigenvalue weighted by atomic mass is 32.2. The molecule has 0 amide bonds. The molecule has 0 radical (unpaired) electrons. The molecule has 1 aromatic carbocycles. The Hall–Kier alpha value is -2.21. The molecule has 0 aromatic heterocycles. The highest BCUT2D eigenvalue weighted by molar-refractivity contribution is 8.00. The molecule has 5 nitrogen and oxygen atoms in total. The first kappa shape index (κ1) is 17.6. The monoisotopic (exact) mass is 359 g/mol. The second kappa shape index (κ2) is 7.35. The van der Waals surface area contributed by atoms with E-state index in [4.69, 9.17) is 9.47 Å². The molecule has 0 saturated heterocycles. The molecule has 6 heteroatoms. The molecule has 1 unspecified atom stereocenters. The maximum atomic E-state index is 12.7. The molecule has 0 fully saturated rings. The third-order valence-electron chi connectivity index (χ3n) is 4.23. The topological polar surface area (TPSA) is 55.8 Å². The van der Waals surface area contributed by atoms with Gasteiger partial charge in [0.25, 0.3) is 0 Å². The lowest BCUT2D eigenvalue weighted by Crippen LogP contribution is -2.36. The zero-order chi connectivity index (χ0) is 18.0. The van der Waals surface area contributed by atoms with E-state index in [9.17, 15) is 9.59 Å². The molecule has 1 aromatic rings. The number of esters is 2. The molecule has 132 valence electrons. The highest BCUT2D eigenvalue weighted by Gasteiger charge is 2.44. The zero-order valence-electron chi connectivity index (χ0n) is 14.6. The molecule has 2 aliphatic rings. The van der Waals surface area contributed by atoms with Crippen molar-refractivity contribution in [2.75, 3.05) is 23.9 Å². The molecule has 0 bridgehead atoms. The lowest BCUT2D eigenvalue weighted by atomic mass is 9.96. The van der Waals surface area contributed by atoms with E-state index >= 15 is 0 Å². The van der Waals surface area contributed by atoms with Gasteiger partial charge in [-0.3, -0.25) is 0 Å². The first-order valence-electron chi connectivity index (χ1n) is 8.34. The molecule has 2 heterocycles. The summed E-state index contributed by atoms with van der Waals surface area (Å²) in [5, 5.41) is -0.353. The maximum absolute atomic E-state index is 12.7. The largest absolute Gasteiger partial charge is 0.463 e. The van der Waals surface area contributed by atoms with Gasteiger partial charge in [0, 0.05) is 11.4 Å². The van der Waals surface area contributed by atoms with Crippen molar-refractivity contribution >= 4 is 29.4 Å². The second-order valence-corrected chi connectivity index (χ2v) is 7.04. The Morgan fingerprint density at radius 3 is 2.68 bits per heavy atom. The molecule has 0 N–H and O–H groups in total. The standard InChI is InChI=1S/C19H21NO4S/c1-4-23-18(21)15-12(3)20(13-9-7-6-8-10-13)14-11-24-19(22)16(14)17(15)25-5-2/h6-10,17H,4-5,11H2,1-3H3. The number of hydrogen-bond donors (Lipinski definition) is 0. The Bertz CT molecular complexity index is 754. The summed E-state index contributed by atoms with van der Waals surface area (Å²) in [5.74, 6) is 0.0466. The minimum absolute atomic E-state index is 0.220. The number of rotatable bonds is 5. The number of carbonyl (C=O) groups is 2. The van der Waals surface area contributed by atoms with Gasteiger partial charge in [-0.25, -0.2) is 9.59 Å². The number of cyclic esters (lactones) is 1. The summed E-state index contributed by atoms with van der Waals surface area (Å²) < 4.78 is 10.6. The van der Waals surface area contributed by atoms with Crippen molar-refractivity contribution < 1.29 is 19.1 Å². The Labute approximate surface area is 151 Å². The van der Waals surface area contributed by atoms with Crippen LogP contribution in [0.2, 0.25) is 0 Å². The van der Waals surface area contributed by atoms with Crippen LogP contribution in [-0.2, 0) is 19.1 Å². The van der Waals surface area contributed by atoms with Crippen LogP contribution >= 0.6 is 11.8 Å². The summed E-state index contributed by atoms with van der Waals surface area (Å²) in [7, 11) is 0. The van der Waals surface area contributed by atoms with Gasteiger partial charge in [0.1, 0.15) is 6.61 Å². The summed E-state index contributed by atoms with van der Waals surface area (Å²) >= 11 is 1.55. The van der Waals surface area contributed by atoms with E-state index in [0.29, 0.717) is 17.8 Å². The van der Waals surface area contributed by atoms with Crippen molar-refractivity contribution in [3.8, 4) is 0 Å². The van der Waals surface area contributed by atoms with E-state index in [0.717, 1.165) is 22.8 Å².